The van der Waals surface area contributed by atoms with Crippen LogP contribution in [0.2, 0.25) is 0 Å². The number of anilines is 1. The lowest BCUT2D eigenvalue weighted by Crippen LogP contribution is -2.27. The fraction of sp³-hybridized carbons (Fsp3) is 0.174. The van der Waals surface area contributed by atoms with E-state index in [0.29, 0.717) is 6.42 Å². The first-order valence-corrected chi connectivity index (χ1v) is 11.3. The zero-order valence-electron chi connectivity index (χ0n) is 17.5. The molecule has 0 heterocycles. The van der Waals surface area contributed by atoms with E-state index in [9.17, 15) is 26.4 Å². The molecule has 3 aromatic rings. The highest BCUT2D eigenvalue weighted by molar-refractivity contribution is 7.89. The van der Waals surface area contributed by atoms with Crippen LogP contribution >= 0.6 is 0 Å². The largest absolute Gasteiger partial charge is 0.495 e. The Bertz CT molecular complexity index is 1210. The molecule has 6 nitrogen and oxygen atoms in total. The van der Waals surface area contributed by atoms with Crippen LogP contribution in [0.15, 0.2) is 77.7 Å². The van der Waals surface area contributed by atoms with Crippen molar-refractivity contribution in [1.29, 1.82) is 0 Å². The number of benzene rings is 3. The van der Waals surface area contributed by atoms with Crippen LogP contribution in [-0.2, 0) is 22.6 Å². The minimum Gasteiger partial charge on any atom is -0.495 e. The number of hydrogen-bond acceptors (Lipinski definition) is 4. The van der Waals surface area contributed by atoms with E-state index in [1.54, 1.807) is 0 Å². The Labute approximate surface area is 189 Å². The van der Waals surface area contributed by atoms with Crippen LogP contribution in [0.25, 0.3) is 0 Å². The Morgan fingerprint density at radius 3 is 2.24 bits per heavy atom. The molecule has 174 valence electrons. The van der Waals surface area contributed by atoms with Crippen molar-refractivity contribution in [2.75, 3.05) is 19.0 Å². The van der Waals surface area contributed by atoms with Gasteiger partial charge in [0, 0.05) is 17.8 Å². The number of halogens is 3. The number of rotatable bonds is 8. The molecule has 0 aromatic heterocycles. The highest BCUT2D eigenvalue weighted by Crippen LogP contribution is 2.30. The number of carbonyl (C=O) groups excluding carboxylic acids is 1. The molecule has 0 fully saturated rings. The number of nitrogens with one attached hydrogen (secondary N) is 2. The van der Waals surface area contributed by atoms with Crippen LogP contribution in [0.5, 0.6) is 5.75 Å². The fourth-order valence-electron chi connectivity index (χ4n) is 3.03. The first-order chi connectivity index (χ1) is 15.6. The Morgan fingerprint density at radius 1 is 0.970 bits per heavy atom. The van der Waals surface area contributed by atoms with Crippen LogP contribution in [-0.4, -0.2) is 28.0 Å². The second-order valence-electron chi connectivity index (χ2n) is 7.03. The number of hydrogen-bond donors (Lipinski definition) is 2. The Morgan fingerprint density at radius 2 is 1.64 bits per heavy atom. The molecule has 0 saturated heterocycles. The molecule has 0 unspecified atom stereocenters. The van der Waals surface area contributed by atoms with Gasteiger partial charge in [-0.25, -0.2) is 13.1 Å². The zero-order valence-corrected chi connectivity index (χ0v) is 18.3. The summed E-state index contributed by atoms with van der Waals surface area (Å²) in [7, 11) is -2.70. The molecule has 3 rings (SSSR count). The average Bonchev–Trinajstić information content (AvgIpc) is 2.79. The maximum Gasteiger partial charge on any atom is 0.416 e. The molecule has 0 aliphatic rings. The van der Waals surface area contributed by atoms with E-state index < -0.39 is 27.7 Å². The predicted molar refractivity (Wildman–Crippen MR) is 118 cm³/mol. The number of ether oxygens (including phenoxy) is 1. The quantitative estimate of drug-likeness (QED) is 0.500. The summed E-state index contributed by atoms with van der Waals surface area (Å²) in [6, 6.07) is 17.1. The molecular weight excluding hydrogens is 457 g/mol. The first kappa shape index (κ1) is 24.3. The molecule has 2 N–H and O–H groups in total. The summed E-state index contributed by atoms with van der Waals surface area (Å²) in [6.07, 6.45) is -4.02. The van der Waals surface area contributed by atoms with E-state index >= 15 is 0 Å². The molecule has 0 radical (unpaired) electrons. The van der Waals surface area contributed by atoms with Gasteiger partial charge in [-0.05, 0) is 54.4 Å². The van der Waals surface area contributed by atoms with Gasteiger partial charge >= 0.3 is 6.18 Å². The Balaban J connectivity index is 1.75. The van der Waals surface area contributed by atoms with Crippen LogP contribution in [0.4, 0.5) is 18.9 Å². The molecule has 0 bridgehead atoms. The smallest absolute Gasteiger partial charge is 0.416 e. The van der Waals surface area contributed by atoms with Crippen LogP contribution in [0.3, 0.4) is 0 Å². The van der Waals surface area contributed by atoms with Crippen LogP contribution < -0.4 is 14.8 Å². The van der Waals surface area contributed by atoms with E-state index in [4.69, 9.17) is 4.74 Å². The Hall–Kier alpha value is -3.37. The zero-order chi connectivity index (χ0) is 24.1. The van der Waals surface area contributed by atoms with E-state index in [1.807, 2.05) is 30.3 Å². The number of sulfonamides is 1. The molecule has 0 aliphatic carbocycles. The van der Waals surface area contributed by atoms with E-state index in [-0.39, 0.29) is 28.4 Å². The van der Waals surface area contributed by atoms with Gasteiger partial charge in [0.1, 0.15) is 10.6 Å². The summed E-state index contributed by atoms with van der Waals surface area (Å²) < 4.78 is 71.4. The molecule has 0 spiro atoms. The van der Waals surface area contributed by atoms with Crippen molar-refractivity contribution in [3.8, 4) is 5.75 Å². The van der Waals surface area contributed by atoms with E-state index in [2.05, 4.69) is 10.0 Å². The van der Waals surface area contributed by atoms with Gasteiger partial charge < -0.3 is 10.1 Å². The molecule has 3 aromatic carbocycles. The van der Waals surface area contributed by atoms with Crippen molar-refractivity contribution in [2.45, 2.75) is 17.5 Å². The van der Waals surface area contributed by atoms with Gasteiger partial charge in [-0.15, -0.1) is 0 Å². The summed E-state index contributed by atoms with van der Waals surface area (Å²) >= 11 is 0. The summed E-state index contributed by atoms with van der Waals surface area (Å²) in [5.74, 6) is -0.633. The van der Waals surface area contributed by atoms with Crippen LogP contribution in [0.1, 0.15) is 21.5 Å². The third-order valence-corrected chi connectivity index (χ3v) is 6.22. The van der Waals surface area contributed by atoms with Gasteiger partial charge in [-0.1, -0.05) is 30.3 Å². The number of carbonyl (C=O) groups is 1. The molecular formula is C23H21F3N2O4S. The normalized spacial score (nSPS) is 11.8. The minimum atomic E-state index is -4.49. The third kappa shape index (κ3) is 6.33. The van der Waals surface area contributed by atoms with E-state index in [1.165, 1.54) is 19.2 Å². The van der Waals surface area contributed by atoms with Gasteiger partial charge in [-0.2, -0.15) is 13.2 Å². The lowest BCUT2D eigenvalue weighted by Gasteiger charge is -2.13. The van der Waals surface area contributed by atoms with E-state index in [0.717, 1.165) is 35.9 Å². The Kier molecular flexibility index (Phi) is 7.39. The molecule has 10 heteroatoms. The van der Waals surface area contributed by atoms with Gasteiger partial charge in [0.2, 0.25) is 10.0 Å². The molecule has 1 amide bonds. The predicted octanol–water partition coefficient (Wildman–Crippen LogP) is 4.49. The maximum atomic E-state index is 12.8. The third-order valence-electron chi connectivity index (χ3n) is 4.73. The summed E-state index contributed by atoms with van der Waals surface area (Å²) in [6.45, 7) is 0.136. The molecule has 0 aliphatic heterocycles. The molecule has 33 heavy (non-hydrogen) atoms. The minimum absolute atomic E-state index is 0.000803. The van der Waals surface area contributed by atoms with Gasteiger partial charge in [0.05, 0.1) is 12.7 Å². The number of alkyl halides is 3. The van der Waals surface area contributed by atoms with Crippen molar-refractivity contribution in [1.82, 2.24) is 4.72 Å². The summed E-state index contributed by atoms with van der Waals surface area (Å²) in [5, 5.41) is 2.46. The number of amides is 1. The second-order valence-corrected chi connectivity index (χ2v) is 8.76. The van der Waals surface area contributed by atoms with Gasteiger partial charge in [0.15, 0.2) is 0 Å². The topological polar surface area (TPSA) is 84.5 Å². The summed E-state index contributed by atoms with van der Waals surface area (Å²) in [5.41, 5.74) is 0.241. The highest BCUT2D eigenvalue weighted by Gasteiger charge is 2.30. The first-order valence-electron chi connectivity index (χ1n) is 9.80. The molecule has 0 saturated carbocycles. The SMILES string of the molecule is COc1ccc(C(=O)Nc2ccc(C(F)(F)F)cc2)cc1S(=O)(=O)NCCc1ccccc1. The fourth-order valence-corrected chi connectivity index (χ4v) is 4.25. The van der Waals surface area contributed by atoms with Crippen molar-refractivity contribution in [2.24, 2.45) is 0 Å². The average molecular weight is 478 g/mol. The van der Waals surface area contributed by atoms with Crippen LogP contribution in [0, 0.1) is 0 Å². The monoisotopic (exact) mass is 478 g/mol. The lowest BCUT2D eigenvalue weighted by molar-refractivity contribution is -0.137. The highest BCUT2D eigenvalue weighted by atomic mass is 32.2. The maximum absolute atomic E-state index is 12.8. The number of methoxy groups -OCH3 is 1. The van der Waals surface area contributed by atoms with Crippen molar-refractivity contribution in [3.63, 3.8) is 0 Å². The molecule has 0 atom stereocenters. The second kappa shape index (κ2) is 10.1. The van der Waals surface area contributed by atoms with Crippen molar-refractivity contribution >= 4 is 21.6 Å². The van der Waals surface area contributed by atoms with Crippen molar-refractivity contribution < 1.29 is 31.1 Å². The standard InChI is InChI=1S/C23H21F3N2O4S/c1-32-20-12-7-17(22(29)28-19-10-8-18(9-11-19)23(24,25)26)15-21(20)33(30,31)27-14-13-16-5-3-2-4-6-16/h2-12,15,27H,13-14H2,1H3,(H,28,29). The van der Waals surface area contributed by atoms with Crippen molar-refractivity contribution in [3.05, 3.63) is 89.5 Å². The van der Waals surface area contributed by atoms with Gasteiger partial charge in [-0.3, -0.25) is 4.79 Å². The summed E-state index contributed by atoms with van der Waals surface area (Å²) in [4.78, 5) is 12.4. The lowest BCUT2D eigenvalue weighted by atomic mass is 10.1. The van der Waals surface area contributed by atoms with Gasteiger partial charge in [0.25, 0.3) is 5.91 Å².